The molecule has 0 aliphatic rings. The van der Waals surface area contributed by atoms with E-state index in [0.29, 0.717) is 5.82 Å². The van der Waals surface area contributed by atoms with Crippen LogP contribution in [0.15, 0.2) is 0 Å². The number of aromatic amines is 1. The number of hydrogen-bond acceptors (Lipinski definition) is 5. The van der Waals surface area contributed by atoms with Gasteiger partial charge in [0.25, 0.3) is 0 Å². The maximum absolute atomic E-state index is 12.1. The topological polar surface area (TPSA) is 124 Å². The minimum Gasteiger partial charge on any atom is -0.480 e. The largest absolute Gasteiger partial charge is 0.480 e. The van der Waals surface area contributed by atoms with Crippen molar-refractivity contribution in [1.82, 2.24) is 30.8 Å². The van der Waals surface area contributed by atoms with Crippen molar-refractivity contribution in [2.75, 3.05) is 6.54 Å². The third-order valence-corrected chi connectivity index (χ3v) is 2.44. The predicted molar refractivity (Wildman–Crippen MR) is 65.2 cm³/mol. The molecule has 0 saturated heterocycles. The number of nitrogens with zero attached hydrogens (tertiary/aromatic N) is 4. The number of amides is 2. The Morgan fingerprint density at radius 1 is 1.47 bits per heavy atom. The van der Waals surface area contributed by atoms with E-state index in [0.717, 1.165) is 0 Å². The first kappa shape index (κ1) is 14.9. The molecule has 0 radical (unpaired) electrons. The smallest absolute Gasteiger partial charge is 0.323 e. The second-order valence-electron chi connectivity index (χ2n) is 5.09. The van der Waals surface area contributed by atoms with Crippen LogP contribution >= 0.6 is 0 Å². The van der Waals surface area contributed by atoms with Crippen LogP contribution < -0.4 is 5.32 Å². The Bertz CT molecular complexity index is 439. The quantitative estimate of drug-likeness (QED) is 0.715. The number of carbonyl (C=O) groups excluding carboxylic acids is 1. The maximum atomic E-state index is 12.1. The maximum Gasteiger partial charge on any atom is 0.323 e. The van der Waals surface area contributed by atoms with Crippen molar-refractivity contribution in [1.29, 1.82) is 0 Å². The third kappa shape index (κ3) is 4.19. The van der Waals surface area contributed by atoms with Crippen molar-refractivity contribution in [3.63, 3.8) is 0 Å². The Morgan fingerprint density at radius 2 is 2.11 bits per heavy atom. The zero-order valence-electron chi connectivity index (χ0n) is 11.3. The van der Waals surface area contributed by atoms with Gasteiger partial charge in [-0.25, -0.2) is 4.79 Å². The Hall–Kier alpha value is -2.19. The lowest BCUT2D eigenvalue weighted by Gasteiger charge is -2.34. The molecule has 9 nitrogen and oxygen atoms in total. The van der Waals surface area contributed by atoms with Crippen LogP contribution in [-0.2, 0) is 4.79 Å². The average molecular weight is 270 g/mol. The van der Waals surface area contributed by atoms with Gasteiger partial charge in [-0.15, -0.1) is 10.2 Å². The van der Waals surface area contributed by atoms with Crippen LogP contribution in [-0.4, -0.2) is 54.7 Å². The monoisotopic (exact) mass is 270 g/mol. The van der Waals surface area contributed by atoms with E-state index in [-0.39, 0.29) is 6.54 Å². The SMILES string of the molecule is CC(NC(=O)N(CC(=O)O)C(C)(C)C)c1nn[nH]n1. The molecule has 0 bridgehead atoms. The van der Waals surface area contributed by atoms with Crippen molar-refractivity contribution in [2.24, 2.45) is 0 Å². The normalized spacial score (nSPS) is 12.8. The van der Waals surface area contributed by atoms with Gasteiger partial charge >= 0.3 is 12.0 Å². The zero-order chi connectivity index (χ0) is 14.6. The Morgan fingerprint density at radius 3 is 2.53 bits per heavy atom. The van der Waals surface area contributed by atoms with Gasteiger partial charge in [-0.1, -0.05) is 5.21 Å². The van der Waals surface area contributed by atoms with Crippen LogP contribution in [0.25, 0.3) is 0 Å². The molecule has 1 rings (SSSR count). The van der Waals surface area contributed by atoms with Gasteiger partial charge in [0.05, 0.1) is 6.04 Å². The number of carboxylic acids is 1. The Labute approximate surface area is 110 Å². The van der Waals surface area contributed by atoms with Crippen molar-refractivity contribution < 1.29 is 14.7 Å². The van der Waals surface area contributed by atoms with E-state index in [1.54, 1.807) is 27.7 Å². The van der Waals surface area contributed by atoms with Crippen LogP contribution in [0.4, 0.5) is 4.79 Å². The molecule has 1 aromatic heterocycles. The van der Waals surface area contributed by atoms with Crippen molar-refractivity contribution in [3.8, 4) is 0 Å². The van der Waals surface area contributed by atoms with Gasteiger partial charge in [0.2, 0.25) is 0 Å². The van der Waals surface area contributed by atoms with Crippen molar-refractivity contribution in [3.05, 3.63) is 5.82 Å². The van der Waals surface area contributed by atoms with Gasteiger partial charge in [0, 0.05) is 5.54 Å². The number of urea groups is 1. The van der Waals surface area contributed by atoms with E-state index in [4.69, 9.17) is 5.11 Å². The van der Waals surface area contributed by atoms with E-state index in [9.17, 15) is 9.59 Å². The second kappa shape index (κ2) is 5.63. The number of carbonyl (C=O) groups is 2. The summed E-state index contributed by atoms with van der Waals surface area (Å²) in [5, 5.41) is 24.7. The van der Waals surface area contributed by atoms with Crippen LogP contribution in [0.5, 0.6) is 0 Å². The summed E-state index contributed by atoms with van der Waals surface area (Å²) in [6.45, 7) is 6.58. The second-order valence-corrected chi connectivity index (χ2v) is 5.09. The first-order valence-corrected chi connectivity index (χ1v) is 5.75. The minimum absolute atomic E-state index is 0.331. The number of tetrazole rings is 1. The predicted octanol–water partition coefficient (Wildman–Crippen LogP) is 0.155. The van der Waals surface area contributed by atoms with E-state index < -0.39 is 23.6 Å². The number of aromatic nitrogens is 4. The van der Waals surface area contributed by atoms with Crippen LogP contribution in [0.1, 0.15) is 39.6 Å². The van der Waals surface area contributed by atoms with Crippen LogP contribution in [0, 0.1) is 0 Å². The first-order chi connectivity index (χ1) is 8.71. The van der Waals surface area contributed by atoms with Gasteiger partial charge in [-0.3, -0.25) is 4.79 Å². The summed E-state index contributed by atoms with van der Waals surface area (Å²) in [5.74, 6) is -0.741. The van der Waals surface area contributed by atoms with E-state index >= 15 is 0 Å². The molecule has 1 heterocycles. The van der Waals surface area contributed by atoms with Gasteiger partial charge < -0.3 is 15.3 Å². The molecule has 3 N–H and O–H groups in total. The molecule has 0 aromatic carbocycles. The van der Waals surface area contributed by atoms with Crippen LogP contribution in [0.3, 0.4) is 0 Å². The molecular formula is C10H18N6O3. The zero-order valence-corrected chi connectivity index (χ0v) is 11.3. The van der Waals surface area contributed by atoms with Crippen molar-refractivity contribution in [2.45, 2.75) is 39.3 Å². The summed E-state index contributed by atoms with van der Waals surface area (Å²) < 4.78 is 0. The highest BCUT2D eigenvalue weighted by molar-refractivity contribution is 5.81. The molecular weight excluding hydrogens is 252 g/mol. The van der Waals surface area contributed by atoms with Gasteiger partial charge in [-0.05, 0) is 27.7 Å². The molecule has 2 amide bonds. The summed E-state index contributed by atoms with van der Waals surface area (Å²) >= 11 is 0. The fraction of sp³-hybridized carbons (Fsp3) is 0.700. The van der Waals surface area contributed by atoms with Crippen LogP contribution in [0.2, 0.25) is 0 Å². The molecule has 106 valence electrons. The number of nitrogens with one attached hydrogen (secondary N) is 2. The highest BCUT2D eigenvalue weighted by Crippen LogP contribution is 2.14. The third-order valence-electron chi connectivity index (χ3n) is 2.44. The number of aliphatic carboxylic acids is 1. The lowest BCUT2D eigenvalue weighted by molar-refractivity contribution is -0.138. The lowest BCUT2D eigenvalue weighted by Crippen LogP contribution is -2.52. The van der Waals surface area contributed by atoms with Gasteiger partial charge in [0.1, 0.15) is 6.54 Å². The van der Waals surface area contributed by atoms with Gasteiger partial charge in [0.15, 0.2) is 5.82 Å². The number of hydrogen-bond donors (Lipinski definition) is 3. The van der Waals surface area contributed by atoms with Gasteiger partial charge in [-0.2, -0.15) is 5.21 Å². The van der Waals surface area contributed by atoms with Crippen molar-refractivity contribution >= 4 is 12.0 Å². The molecule has 1 unspecified atom stereocenters. The minimum atomic E-state index is -1.07. The summed E-state index contributed by atoms with van der Waals surface area (Å²) in [7, 11) is 0. The highest BCUT2D eigenvalue weighted by Gasteiger charge is 2.29. The van der Waals surface area contributed by atoms with E-state index in [1.165, 1.54) is 4.90 Å². The first-order valence-electron chi connectivity index (χ1n) is 5.75. The number of H-pyrrole nitrogens is 1. The molecule has 19 heavy (non-hydrogen) atoms. The molecule has 0 aliphatic heterocycles. The molecule has 0 aliphatic carbocycles. The number of rotatable bonds is 4. The highest BCUT2D eigenvalue weighted by atomic mass is 16.4. The summed E-state index contributed by atoms with van der Waals surface area (Å²) in [6.07, 6.45) is 0. The summed E-state index contributed by atoms with van der Waals surface area (Å²) in [4.78, 5) is 24.1. The molecule has 0 saturated carbocycles. The molecule has 0 spiro atoms. The van der Waals surface area contributed by atoms with E-state index in [2.05, 4.69) is 25.9 Å². The average Bonchev–Trinajstić information content (AvgIpc) is 2.77. The Balaban J connectivity index is 2.75. The van der Waals surface area contributed by atoms with E-state index in [1.807, 2.05) is 0 Å². The summed E-state index contributed by atoms with van der Waals surface area (Å²) in [6, 6.07) is -0.961. The molecule has 1 atom stereocenters. The molecule has 1 aromatic rings. The molecule has 9 heteroatoms. The Kier molecular flexibility index (Phi) is 4.41. The fourth-order valence-corrected chi connectivity index (χ4v) is 1.43. The fourth-order valence-electron chi connectivity index (χ4n) is 1.43. The summed E-state index contributed by atoms with van der Waals surface area (Å²) in [5.41, 5.74) is -0.612. The lowest BCUT2D eigenvalue weighted by atomic mass is 10.1. The number of carboxylic acid groups (broad SMARTS) is 1. The molecule has 0 fully saturated rings. The standard InChI is InChI=1S/C10H18N6O3/c1-6(8-12-14-15-13-8)11-9(19)16(5-7(17)18)10(2,3)4/h6H,5H2,1-4H3,(H,11,19)(H,17,18)(H,12,13,14,15).